The predicted octanol–water partition coefficient (Wildman–Crippen LogP) is 3.44. The molecule has 0 radical (unpaired) electrons. The molecule has 2 aliphatic rings. The zero-order chi connectivity index (χ0) is 16.1. The van der Waals surface area contributed by atoms with Crippen LogP contribution in [0.15, 0.2) is 24.3 Å². The van der Waals surface area contributed by atoms with Crippen molar-refractivity contribution in [1.82, 2.24) is 9.80 Å². The van der Waals surface area contributed by atoms with Gasteiger partial charge < -0.3 is 4.90 Å². The number of hydrogen-bond donors (Lipinski definition) is 0. The summed E-state index contributed by atoms with van der Waals surface area (Å²) in [6, 6.07) is 7.85. The lowest BCUT2D eigenvalue weighted by Crippen LogP contribution is -2.45. The molecule has 0 unspecified atom stereocenters. The maximum Gasteiger partial charge on any atom is 0.273 e. The minimum absolute atomic E-state index is 0.252. The van der Waals surface area contributed by atoms with Crippen molar-refractivity contribution in [1.29, 1.82) is 0 Å². The smallest absolute Gasteiger partial charge is 0.273 e. The molecule has 2 fully saturated rings. The maximum absolute atomic E-state index is 11.1. The summed E-state index contributed by atoms with van der Waals surface area (Å²) in [7, 11) is 0. The third-order valence-corrected chi connectivity index (χ3v) is 5.30. The molecule has 2 aliphatic heterocycles. The first-order valence-electron chi connectivity index (χ1n) is 8.93. The number of nitrogens with zero attached hydrogens (tertiary/aromatic N) is 3. The van der Waals surface area contributed by atoms with E-state index in [1.165, 1.54) is 51.6 Å². The number of piperidine rings is 1. The molecule has 0 N–H and O–H groups in total. The fourth-order valence-corrected chi connectivity index (χ4v) is 3.97. The number of likely N-dealkylation sites (tertiary alicyclic amines) is 2. The Kier molecular flexibility index (Phi) is 5.62. The Morgan fingerprint density at radius 2 is 1.65 bits per heavy atom. The Morgan fingerprint density at radius 3 is 2.30 bits per heavy atom. The van der Waals surface area contributed by atoms with Gasteiger partial charge in [0.2, 0.25) is 0 Å². The highest BCUT2D eigenvalue weighted by molar-refractivity contribution is 5.39. The van der Waals surface area contributed by atoms with Crippen LogP contribution in [0, 0.1) is 10.1 Å². The van der Waals surface area contributed by atoms with Crippen LogP contribution in [0.1, 0.15) is 44.1 Å². The van der Waals surface area contributed by atoms with Crippen molar-refractivity contribution in [3.05, 3.63) is 39.9 Å². The second-order valence-corrected chi connectivity index (χ2v) is 6.84. The largest absolute Gasteiger partial charge is 0.300 e. The predicted molar refractivity (Wildman–Crippen MR) is 91.4 cm³/mol. The Balaban J connectivity index is 1.54. The van der Waals surface area contributed by atoms with E-state index in [2.05, 4.69) is 9.80 Å². The van der Waals surface area contributed by atoms with Crippen LogP contribution in [0.25, 0.3) is 0 Å². The molecule has 23 heavy (non-hydrogen) atoms. The Hall–Kier alpha value is -1.46. The van der Waals surface area contributed by atoms with E-state index in [0.29, 0.717) is 6.54 Å². The Labute approximate surface area is 138 Å². The van der Waals surface area contributed by atoms with Crippen LogP contribution < -0.4 is 0 Å². The number of nitro groups is 1. The first-order chi connectivity index (χ1) is 11.2. The van der Waals surface area contributed by atoms with E-state index in [4.69, 9.17) is 0 Å². The van der Waals surface area contributed by atoms with Gasteiger partial charge >= 0.3 is 0 Å². The standard InChI is InChI=1S/C18H27N3O2/c22-21(23)18-8-4-3-7-16(18)15-19-13-9-17(10-14-19)20-11-5-1-2-6-12-20/h3-4,7-8,17H,1-2,5-6,9-15H2. The van der Waals surface area contributed by atoms with E-state index in [1.807, 2.05) is 12.1 Å². The van der Waals surface area contributed by atoms with E-state index >= 15 is 0 Å². The molecule has 2 heterocycles. The van der Waals surface area contributed by atoms with Crippen LogP contribution in [0.3, 0.4) is 0 Å². The third kappa shape index (κ3) is 4.30. The molecule has 3 rings (SSSR count). The number of hydrogen-bond acceptors (Lipinski definition) is 4. The van der Waals surface area contributed by atoms with E-state index in [1.54, 1.807) is 12.1 Å². The van der Waals surface area contributed by atoms with Crippen LogP contribution in [0.2, 0.25) is 0 Å². The quantitative estimate of drug-likeness (QED) is 0.630. The van der Waals surface area contributed by atoms with Gasteiger partial charge in [-0.15, -0.1) is 0 Å². The van der Waals surface area contributed by atoms with Crippen molar-refractivity contribution in [3.8, 4) is 0 Å². The summed E-state index contributed by atoms with van der Waals surface area (Å²) < 4.78 is 0. The fourth-order valence-electron chi connectivity index (χ4n) is 3.97. The first-order valence-corrected chi connectivity index (χ1v) is 8.93. The average molecular weight is 317 g/mol. The average Bonchev–Trinajstić information content (AvgIpc) is 2.85. The van der Waals surface area contributed by atoms with E-state index < -0.39 is 0 Å². The van der Waals surface area contributed by atoms with Crippen LogP contribution in [-0.4, -0.2) is 46.9 Å². The van der Waals surface area contributed by atoms with Gasteiger partial charge in [-0.3, -0.25) is 15.0 Å². The minimum Gasteiger partial charge on any atom is -0.300 e. The lowest BCUT2D eigenvalue weighted by Gasteiger charge is -2.38. The monoisotopic (exact) mass is 317 g/mol. The molecule has 5 nitrogen and oxygen atoms in total. The van der Waals surface area contributed by atoms with Gasteiger partial charge in [0.1, 0.15) is 0 Å². The molecule has 0 bridgehead atoms. The highest BCUT2D eigenvalue weighted by Crippen LogP contribution is 2.24. The summed E-state index contributed by atoms with van der Waals surface area (Å²) in [5.74, 6) is 0. The molecule has 5 heteroatoms. The molecule has 0 amide bonds. The molecule has 2 saturated heterocycles. The maximum atomic E-state index is 11.1. The second-order valence-electron chi connectivity index (χ2n) is 6.84. The highest BCUT2D eigenvalue weighted by Gasteiger charge is 2.26. The van der Waals surface area contributed by atoms with Crippen molar-refractivity contribution in [2.24, 2.45) is 0 Å². The number of para-hydroxylation sites is 1. The molecule has 0 aliphatic carbocycles. The SMILES string of the molecule is O=[N+]([O-])c1ccccc1CN1CCC(N2CCCCCC2)CC1. The molecule has 1 aromatic carbocycles. The van der Waals surface area contributed by atoms with Crippen molar-refractivity contribution in [2.45, 2.75) is 51.1 Å². The zero-order valence-corrected chi connectivity index (χ0v) is 13.8. The molecular weight excluding hydrogens is 290 g/mol. The summed E-state index contributed by atoms with van der Waals surface area (Å²) >= 11 is 0. The van der Waals surface area contributed by atoms with Crippen molar-refractivity contribution in [2.75, 3.05) is 26.2 Å². The van der Waals surface area contributed by atoms with Gasteiger partial charge in [0.15, 0.2) is 0 Å². The second kappa shape index (κ2) is 7.88. The van der Waals surface area contributed by atoms with E-state index in [9.17, 15) is 10.1 Å². The Morgan fingerprint density at radius 1 is 1.00 bits per heavy atom. The van der Waals surface area contributed by atoms with Crippen LogP contribution >= 0.6 is 0 Å². The normalized spacial score (nSPS) is 21.9. The van der Waals surface area contributed by atoms with E-state index in [0.717, 1.165) is 24.7 Å². The number of rotatable bonds is 4. The fraction of sp³-hybridized carbons (Fsp3) is 0.667. The van der Waals surface area contributed by atoms with Gasteiger partial charge in [-0.05, 0) is 51.9 Å². The highest BCUT2D eigenvalue weighted by atomic mass is 16.6. The van der Waals surface area contributed by atoms with Gasteiger partial charge in [-0.2, -0.15) is 0 Å². The number of nitro benzene ring substituents is 1. The van der Waals surface area contributed by atoms with Gasteiger partial charge in [0, 0.05) is 24.2 Å². The van der Waals surface area contributed by atoms with Crippen LogP contribution in [0.5, 0.6) is 0 Å². The summed E-state index contributed by atoms with van der Waals surface area (Å²) in [6.07, 6.45) is 7.84. The topological polar surface area (TPSA) is 49.6 Å². The van der Waals surface area contributed by atoms with Gasteiger partial charge in [-0.25, -0.2) is 0 Å². The summed E-state index contributed by atoms with van der Waals surface area (Å²) in [6.45, 7) is 5.31. The van der Waals surface area contributed by atoms with Crippen LogP contribution in [0.4, 0.5) is 5.69 Å². The lowest BCUT2D eigenvalue weighted by atomic mass is 10.0. The molecule has 126 valence electrons. The molecule has 0 aromatic heterocycles. The first kappa shape index (κ1) is 16.4. The van der Waals surface area contributed by atoms with Crippen molar-refractivity contribution < 1.29 is 4.92 Å². The van der Waals surface area contributed by atoms with Crippen LogP contribution in [-0.2, 0) is 6.54 Å². The molecule has 0 atom stereocenters. The lowest BCUT2D eigenvalue weighted by molar-refractivity contribution is -0.385. The summed E-state index contributed by atoms with van der Waals surface area (Å²) in [5.41, 5.74) is 1.09. The van der Waals surface area contributed by atoms with Gasteiger partial charge in [0.05, 0.1) is 4.92 Å². The van der Waals surface area contributed by atoms with E-state index in [-0.39, 0.29) is 10.6 Å². The summed E-state index contributed by atoms with van der Waals surface area (Å²) in [5, 5.41) is 11.1. The number of benzene rings is 1. The van der Waals surface area contributed by atoms with Crippen molar-refractivity contribution in [3.63, 3.8) is 0 Å². The van der Waals surface area contributed by atoms with Gasteiger partial charge in [0.25, 0.3) is 5.69 Å². The zero-order valence-electron chi connectivity index (χ0n) is 13.8. The minimum atomic E-state index is -0.265. The van der Waals surface area contributed by atoms with Crippen molar-refractivity contribution >= 4 is 5.69 Å². The molecular formula is C18H27N3O2. The molecule has 1 aromatic rings. The third-order valence-electron chi connectivity index (χ3n) is 5.30. The Bertz CT molecular complexity index is 519. The molecule has 0 spiro atoms. The molecule has 0 saturated carbocycles. The summed E-state index contributed by atoms with van der Waals surface area (Å²) in [4.78, 5) is 15.9. The van der Waals surface area contributed by atoms with Gasteiger partial charge in [-0.1, -0.05) is 31.0 Å².